The minimum Gasteiger partial charge on any atom is -0.504 e. The van der Waals surface area contributed by atoms with Gasteiger partial charge in [0.1, 0.15) is 11.2 Å². The van der Waals surface area contributed by atoms with Crippen molar-refractivity contribution in [1.82, 2.24) is 19.3 Å². The fourth-order valence-electron chi connectivity index (χ4n) is 4.15. The molecule has 2 aromatic carbocycles. The van der Waals surface area contributed by atoms with E-state index >= 15 is 0 Å². The van der Waals surface area contributed by atoms with Gasteiger partial charge in [-0.1, -0.05) is 0 Å². The van der Waals surface area contributed by atoms with Crippen molar-refractivity contribution in [3.8, 4) is 5.75 Å². The third kappa shape index (κ3) is 5.62. The molecular weight excluding hydrogens is 558 g/mol. The number of pyridine rings is 1. The number of morpholine rings is 1. The molecule has 1 saturated heterocycles. The van der Waals surface area contributed by atoms with Crippen molar-refractivity contribution in [2.24, 2.45) is 10.2 Å². The van der Waals surface area contributed by atoms with Crippen molar-refractivity contribution in [3.63, 3.8) is 0 Å². The van der Waals surface area contributed by atoms with Crippen LogP contribution in [0.25, 0.3) is 10.9 Å². The molecule has 1 aliphatic rings. The van der Waals surface area contributed by atoms with Gasteiger partial charge in [-0.2, -0.15) is 9.42 Å². The number of aryl methyl sites for hydroxylation is 2. The molecule has 0 spiro atoms. The number of hydrogen-bond donors (Lipinski definition) is 2. The number of benzene rings is 2. The molecule has 0 unspecified atom stereocenters. The second kappa shape index (κ2) is 10.8. The smallest absolute Gasteiger partial charge is 0.264 e. The Morgan fingerprint density at radius 2 is 1.62 bits per heavy atom. The van der Waals surface area contributed by atoms with Gasteiger partial charge >= 0.3 is 0 Å². The van der Waals surface area contributed by atoms with E-state index in [1.807, 2.05) is 0 Å². The molecule has 0 atom stereocenters. The predicted molar refractivity (Wildman–Crippen MR) is 146 cm³/mol. The maximum atomic E-state index is 13.5. The highest BCUT2D eigenvalue weighted by molar-refractivity contribution is 7.92. The first-order chi connectivity index (χ1) is 19.0. The lowest BCUT2D eigenvalue weighted by atomic mass is 10.2. The molecule has 0 amide bonds. The predicted octanol–water partition coefficient (Wildman–Crippen LogP) is 3.58. The number of azo groups is 1. The van der Waals surface area contributed by atoms with Crippen LogP contribution >= 0.6 is 0 Å². The number of ether oxygens (including phenoxy) is 1. The van der Waals surface area contributed by atoms with Crippen molar-refractivity contribution in [2.45, 2.75) is 23.6 Å². The van der Waals surface area contributed by atoms with Crippen molar-refractivity contribution < 1.29 is 26.7 Å². The summed E-state index contributed by atoms with van der Waals surface area (Å²) in [7, 11) is -7.92. The number of hydrogen-bond acceptors (Lipinski definition) is 11. The SMILES string of the molecule is Cc1cc(C)nc(NS(=O)(=O)c2ccc(N=Nc3cc(S(=O)(=O)N4CCOCC4)c4cccnc4c3O)cc2)n1. The quantitative estimate of drug-likeness (QED) is 0.308. The summed E-state index contributed by atoms with van der Waals surface area (Å²) < 4.78 is 61.4. The zero-order chi connectivity index (χ0) is 28.5. The Balaban J connectivity index is 1.44. The van der Waals surface area contributed by atoms with E-state index in [2.05, 4.69) is 29.9 Å². The summed E-state index contributed by atoms with van der Waals surface area (Å²) >= 11 is 0. The monoisotopic (exact) mass is 583 g/mol. The minimum absolute atomic E-state index is 0.0375. The average molecular weight is 584 g/mol. The van der Waals surface area contributed by atoms with Crippen LogP contribution in [0.2, 0.25) is 0 Å². The Morgan fingerprint density at radius 3 is 2.30 bits per heavy atom. The molecule has 1 fully saturated rings. The molecule has 0 bridgehead atoms. The lowest BCUT2D eigenvalue weighted by Gasteiger charge is -2.26. The minimum atomic E-state index is -3.97. The molecule has 5 rings (SSSR count). The average Bonchev–Trinajstić information content (AvgIpc) is 2.92. The topological polar surface area (TPSA) is 176 Å². The first-order valence-corrected chi connectivity index (χ1v) is 15.0. The summed E-state index contributed by atoms with van der Waals surface area (Å²) in [5.41, 5.74) is 1.46. The molecular formula is C25H25N7O6S2. The van der Waals surface area contributed by atoms with Gasteiger partial charge in [0.2, 0.25) is 16.0 Å². The Kier molecular flexibility index (Phi) is 7.46. The number of phenolic OH excluding ortho intramolecular Hbond substituents is 1. The van der Waals surface area contributed by atoms with Crippen LogP contribution in [0.15, 0.2) is 74.7 Å². The highest BCUT2D eigenvalue weighted by Gasteiger charge is 2.30. The first kappa shape index (κ1) is 27.5. The summed E-state index contributed by atoms with van der Waals surface area (Å²) in [6, 6.07) is 11.6. The van der Waals surface area contributed by atoms with Gasteiger partial charge in [0.25, 0.3) is 10.0 Å². The number of sulfonamides is 2. The van der Waals surface area contributed by atoms with Crippen LogP contribution in [0.5, 0.6) is 5.75 Å². The number of nitrogens with one attached hydrogen (secondary N) is 1. The van der Waals surface area contributed by atoms with E-state index < -0.39 is 20.0 Å². The fourth-order valence-corrected chi connectivity index (χ4v) is 6.71. The Morgan fingerprint density at radius 1 is 0.950 bits per heavy atom. The zero-order valence-corrected chi connectivity index (χ0v) is 23.1. The number of aromatic hydroxyl groups is 1. The maximum Gasteiger partial charge on any atom is 0.264 e. The molecule has 1 aliphatic heterocycles. The van der Waals surface area contributed by atoms with Crippen molar-refractivity contribution in [1.29, 1.82) is 0 Å². The van der Waals surface area contributed by atoms with E-state index in [9.17, 15) is 21.9 Å². The molecule has 15 heteroatoms. The van der Waals surface area contributed by atoms with Crippen LogP contribution in [0.4, 0.5) is 17.3 Å². The zero-order valence-electron chi connectivity index (χ0n) is 21.5. The summed E-state index contributed by atoms with van der Waals surface area (Å²) in [4.78, 5) is 12.2. The molecule has 208 valence electrons. The van der Waals surface area contributed by atoms with Gasteiger partial charge < -0.3 is 9.84 Å². The fraction of sp³-hybridized carbons (Fsp3) is 0.240. The third-order valence-electron chi connectivity index (χ3n) is 6.02. The molecule has 0 saturated carbocycles. The Labute approximate surface area is 230 Å². The van der Waals surface area contributed by atoms with Gasteiger partial charge in [-0.25, -0.2) is 31.5 Å². The van der Waals surface area contributed by atoms with E-state index in [0.717, 1.165) is 0 Å². The van der Waals surface area contributed by atoms with E-state index in [1.54, 1.807) is 32.0 Å². The summed E-state index contributed by atoms with van der Waals surface area (Å²) in [5, 5.41) is 19.2. The third-order valence-corrected chi connectivity index (χ3v) is 9.31. The summed E-state index contributed by atoms with van der Waals surface area (Å²) in [6.07, 6.45) is 1.43. The van der Waals surface area contributed by atoms with Gasteiger partial charge in [-0.05, 0) is 62.4 Å². The standard InChI is InChI=1S/C25H25N7O6S2/c1-16-14-17(2)28-25(27-16)31-39(34,35)19-7-5-18(6-8-19)29-30-21-15-22(20-4-3-9-26-23(20)24(21)33)40(36,37)32-10-12-38-13-11-32/h3-9,14-15,33H,10-13H2,1-2H3,(H,27,28,31). The second-order valence-corrected chi connectivity index (χ2v) is 12.5. The van der Waals surface area contributed by atoms with E-state index in [1.165, 1.54) is 40.8 Å². The van der Waals surface area contributed by atoms with Crippen LogP contribution in [-0.4, -0.2) is 67.5 Å². The highest BCUT2D eigenvalue weighted by Crippen LogP contribution is 2.39. The molecule has 40 heavy (non-hydrogen) atoms. The lowest BCUT2D eigenvalue weighted by Crippen LogP contribution is -2.40. The van der Waals surface area contributed by atoms with Crippen LogP contribution in [0.3, 0.4) is 0 Å². The van der Waals surface area contributed by atoms with Crippen LogP contribution < -0.4 is 4.72 Å². The van der Waals surface area contributed by atoms with Crippen LogP contribution in [0, 0.1) is 13.8 Å². The van der Waals surface area contributed by atoms with Crippen molar-refractivity contribution >= 4 is 48.3 Å². The normalized spacial score (nSPS) is 15.1. The molecule has 4 aromatic rings. The molecule has 2 N–H and O–H groups in total. The number of rotatable bonds is 7. The Hall–Kier alpha value is -4.05. The molecule has 2 aromatic heterocycles. The first-order valence-electron chi connectivity index (χ1n) is 12.1. The number of nitrogens with zero attached hydrogens (tertiary/aromatic N) is 6. The summed E-state index contributed by atoms with van der Waals surface area (Å²) in [6.45, 7) is 4.41. The van der Waals surface area contributed by atoms with E-state index in [-0.39, 0.29) is 70.1 Å². The molecule has 3 heterocycles. The van der Waals surface area contributed by atoms with Crippen molar-refractivity contribution in [3.05, 3.63) is 66.1 Å². The molecule has 13 nitrogen and oxygen atoms in total. The summed E-state index contributed by atoms with van der Waals surface area (Å²) in [5.74, 6) is -0.374. The van der Waals surface area contributed by atoms with Crippen LogP contribution in [-0.2, 0) is 24.8 Å². The molecule has 0 aliphatic carbocycles. The van der Waals surface area contributed by atoms with Crippen LogP contribution in [0.1, 0.15) is 11.4 Å². The molecule has 0 radical (unpaired) electrons. The van der Waals surface area contributed by atoms with Gasteiger partial charge in [0.15, 0.2) is 5.75 Å². The second-order valence-electron chi connectivity index (χ2n) is 8.93. The van der Waals surface area contributed by atoms with Gasteiger partial charge in [-0.15, -0.1) is 5.11 Å². The van der Waals surface area contributed by atoms with Crippen molar-refractivity contribution in [2.75, 3.05) is 31.0 Å². The van der Waals surface area contributed by atoms with Gasteiger partial charge in [0.05, 0.1) is 28.7 Å². The number of fused-ring (bicyclic) bond motifs is 1. The Bertz CT molecular complexity index is 1800. The van der Waals surface area contributed by atoms with Gasteiger partial charge in [-0.3, -0.25) is 4.98 Å². The highest BCUT2D eigenvalue weighted by atomic mass is 32.2. The number of anilines is 1. The van der Waals surface area contributed by atoms with E-state index in [4.69, 9.17) is 4.74 Å². The number of phenols is 1. The largest absolute Gasteiger partial charge is 0.504 e. The van der Waals surface area contributed by atoms with E-state index in [0.29, 0.717) is 11.4 Å². The maximum absolute atomic E-state index is 13.5. The van der Waals surface area contributed by atoms with Gasteiger partial charge in [0, 0.05) is 36.1 Å². The number of aromatic nitrogens is 3. The lowest BCUT2D eigenvalue weighted by molar-refractivity contribution is 0.0730.